The van der Waals surface area contributed by atoms with Crippen molar-refractivity contribution in [2.75, 3.05) is 13.1 Å². The van der Waals surface area contributed by atoms with E-state index in [0.29, 0.717) is 10.5 Å². The molecule has 0 aliphatic carbocycles. The van der Waals surface area contributed by atoms with Gasteiger partial charge in [-0.15, -0.1) is 0 Å². The van der Waals surface area contributed by atoms with Gasteiger partial charge in [0.1, 0.15) is 5.56 Å². The monoisotopic (exact) mass is 346 g/mol. The maximum atomic E-state index is 13.0. The number of carboxylic acid groups (broad SMARTS) is 1. The molecular weight excluding hydrogens is 333 g/mol. The maximum Gasteiger partial charge on any atom is 0.394 e. The van der Waals surface area contributed by atoms with Crippen LogP contribution < -0.4 is 0 Å². The number of carbonyl (C=O) groups excluding carboxylic acids is 1. The van der Waals surface area contributed by atoms with Crippen LogP contribution in [0.3, 0.4) is 0 Å². The highest BCUT2D eigenvalue weighted by Crippen LogP contribution is 2.38. The minimum absolute atomic E-state index is 0.355. The van der Waals surface area contributed by atoms with Crippen LogP contribution in [0.1, 0.15) is 15.9 Å². The van der Waals surface area contributed by atoms with Crippen molar-refractivity contribution >= 4 is 17.6 Å². The zero-order chi connectivity index (χ0) is 18.2. The van der Waals surface area contributed by atoms with Crippen LogP contribution in [-0.4, -0.2) is 46.1 Å². The van der Waals surface area contributed by atoms with Gasteiger partial charge in [0, 0.05) is 19.2 Å². The fraction of sp³-hybridized carbons (Fsp3) is 0.429. The van der Waals surface area contributed by atoms with Crippen molar-refractivity contribution in [3.05, 3.63) is 39.4 Å². The Morgan fingerprint density at radius 3 is 2.42 bits per heavy atom. The summed E-state index contributed by atoms with van der Waals surface area (Å²) in [4.78, 5) is 34.4. The summed E-state index contributed by atoms with van der Waals surface area (Å²) in [6.07, 6.45) is -4.78. The number of benzene rings is 1. The Morgan fingerprint density at radius 1 is 1.33 bits per heavy atom. The van der Waals surface area contributed by atoms with Crippen LogP contribution in [-0.2, 0) is 4.79 Å². The first-order valence-electron chi connectivity index (χ1n) is 6.86. The Kier molecular flexibility index (Phi) is 4.50. The van der Waals surface area contributed by atoms with E-state index in [-0.39, 0.29) is 5.56 Å². The average molecular weight is 346 g/mol. The fourth-order valence-corrected chi connectivity index (χ4v) is 2.70. The lowest BCUT2D eigenvalue weighted by Gasteiger charge is -2.18. The quantitative estimate of drug-likeness (QED) is 0.668. The van der Waals surface area contributed by atoms with E-state index in [1.807, 2.05) is 0 Å². The predicted octanol–water partition coefficient (Wildman–Crippen LogP) is 2.24. The lowest BCUT2D eigenvalue weighted by molar-refractivity contribution is -0.385. The standard InChI is InChI=1S/C14H13F3N2O5/c1-7-2-3-11(19(23)24)8(4-7)12(20)18-5-9(13(21)22)10(6-18)14(15,16)17/h2-4,9-10H,5-6H2,1H3,(H,21,22)/t9-,10-/m1/s1. The number of nitro groups is 1. The molecule has 1 amide bonds. The molecule has 24 heavy (non-hydrogen) atoms. The van der Waals surface area contributed by atoms with Gasteiger partial charge in [-0.3, -0.25) is 19.7 Å². The number of amides is 1. The van der Waals surface area contributed by atoms with E-state index in [9.17, 15) is 32.9 Å². The number of likely N-dealkylation sites (tertiary alicyclic amines) is 1. The molecule has 10 heteroatoms. The highest BCUT2D eigenvalue weighted by atomic mass is 19.4. The van der Waals surface area contributed by atoms with Gasteiger partial charge in [0.25, 0.3) is 11.6 Å². The first-order valence-corrected chi connectivity index (χ1v) is 6.86. The molecule has 1 aromatic rings. The highest BCUT2D eigenvalue weighted by molar-refractivity contribution is 5.98. The number of carbonyl (C=O) groups is 2. The lowest BCUT2D eigenvalue weighted by Crippen LogP contribution is -2.34. The van der Waals surface area contributed by atoms with Crippen LogP contribution in [0.25, 0.3) is 0 Å². The van der Waals surface area contributed by atoms with Gasteiger partial charge in [-0.05, 0) is 18.6 Å². The van der Waals surface area contributed by atoms with Crippen molar-refractivity contribution in [3.63, 3.8) is 0 Å². The maximum absolute atomic E-state index is 13.0. The van der Waals surface area contributed by atoms with E-state index in [0.717, 1.165) is 6.07 Å². The Balaban J connectivity index is 2.36. The van der Waals surface area contributed by atoms with Gasteiger partial charge in [0.2, 0.25) is 0 Å². The summed E-state index contributed by atoms with van der Waals surface area (Å²) < 4.78 is 38.9. The van der Waals surface area contributed by atoms with Crippen molar-refractivity contribution in [2.24, 2.45) is 11.8 Å². The minimum Gasteiger partial charge on any atom is -0.481 e. The van der Waals surface area contributed by atoms with Crippen LogP contribution in [0.4, 0.5) is 18.9 Å². The highest BCUT2D eigenvalue weighted by Gasteiger charge is 2.53. The first kappa shape index (κ1) is 17.7. The number of halogens is 3. The summed E-state index contributed by atoms with van der Waals surface area (Å²) in [7, 11) is 0. The molecular formula is C14H13F3N2O5. The molecule has 1 N–H and O–H groups in total. The molecule has 1 aliphatic heterocycles. The summed E-state index contributed by atoms with van der Waals surface area (Å²) in [5.41, 5.74) is -0.370. The Labute approximate surface area is 133 Å². The van der Waals surface area contributed by atoms with E-state index in [4.69, 9.17) is 5.11 Å². The molecule has 2 rings (SSSR count). The topological polar surface area (TPSA) is 101 Å². The van der Waals surface area contributed by atoms with Crippen LogP contribution >= 0.6 is 0 Å². The molecule has 7 nitrogen and oxygen atoms in total. The molecule has 2 atom stereocenters. The molecule has 0 aromatic heterocycles. The summed E-state index contributed by atoms with van der Waals surface area (Å²) in [6, 6.07) is 3.70. The van der Waals surface area contributed by atoms with Gasteiger partial charge in [0.15, 0.2) is 0 Å². The van der Waals surface area contributed by atoms with Gasteiger partial charge >= 0.3 is 12.1 Å². The molecule has 1 heterocycles. The average Bonchev–Trinajstić information content (AvgIpc) is 2.91. The Bertz CT molecular complexity index is 704. The summed E-state index contributed by atoms with van der Waals surface area (Å²) in [5.74, 6) is -6.64. The number of hydrogen-bond donors (Lipinski definition) is 1. The van der Waals surface area contributed by atoms with Crippen molar-refractivity contribution in [1.29, 1.82) is 0 Å². The van der Waals surface area contributed by atoms with Crippen LogP contribution in [0.15, 0.2) is 18.2 Å². The second-order valence-corrected chi connectivity index (χ2v) is 5.58. The normalized spacial score (nSPS) is 20.9. The second kappa shape index (κ2) is 6.10. The number of aryl methyl sites for hydroxylation is 1. The summed E-state index contributed by atoms with van der Waals surface area (Å²) in [6.45, 7) is 0.0803. The number of nitrogens with zero attached hydrogens (tertiary/aromatic N) is 2. The Morgan fingerprint density at radius 2 is 1.96 bits per heavy atom. The molecule has 0 saturated carbocycles. The molecule has 1 fully saturated rings. The summed E-state index contributed by atoms with van der Waals surface area (Å²) >= 11 is 0. The minimum atomic E-state index is -4.78. The van der Waals surface area contributed by atoms with Gasteiger partial charge in [-0.25, -0.2) is 0 Å². The molecule has 1 aromatic carbocycles. The second-order valence-electron chi connectivity index (χ2n) is 5.58. The van der Waals surface area contributed by atoms with Crippen LogP contribution in [0.5, 0.6) is 0 Å². The zero-order valence-electron chi connectivity index (χ0n) is 12.4. The van der Waals surface area contributed by atoms with Crippen molar-refractivity contribution < 1.29 is 32.8 Å². The molecule has 0 bridgehead atoms. The first-order chi connectivity index (χ1) is 11.0. The molecule has 130 valence electrons. The van der Waals surface area contributed by atoms with E-state index >= 15 is 0 Å². The third-order valence-electron chi connectivity index (χ3n) is 3.92. The molecule has 1 aliphatic rings. The van der Waals surface area contributed by atoms with E-state index in [1.54, 1.807) is 6.92 Å². The number of hydrogen-bond acceptors (Lipinski definition) is 4. The third kappa shape index (κ3) is 3.31. The number of aliphatic carboxylic acids is 1. The van der Waals surface area contributed by atoms with E-state index in [1.165, 1.54) is 12.1 Å². The Hall–Kier alpha value is -2.65. The van der Waals surface area contributed by atoms with Gasteiger partial charge in [-0.2, -0.15) is 13.2 Å². The number of rotatable bonds is 3. The van der Waals surface area contributed by atoms with Crippen molar-refractivity contribution in [3.8, 4) is 0 Å². The van der Waals surface area contributed by atoms with Gasteiger partial charge in [0.05, 0.1) is 16.8 Å². The third-order valence-corrected chi connectivity index (χ3v) is 3.92. The summed E-state index contributed by atoms with van der Waals surface area (Å²) in [5, 5.41) is 20.0. The largest absolute Gasteiger partial charge is 0.481 e. The van der Waals surface area contributed by atoms with Crippen molar-refractivity contribution in [1.82, 2.24) is 4.90 Å². The molecule has 0 radical (unpaired) electrons. The fourth-order valence-electron chi connectivity index (χ4n) is 2.70. The SMILES string of the molecule is Cc1ccc([N+](=O)[O-])c(C(=O)N2C[C@@H](C(F)(F)F)[C@H](C(=O)O)C2)c1. The predicted molar refractivity (Wildman–Crippen MR) is 74.4 cm³/mol. The molecule has 0 spiro atoms. The number of alkyl halides is 3. The lowest BCUT2D eigenvalue weighted by atomic mass is 9.96. The van der Waals surface area contributed by atoms with E-state index in [2.05, 4.69) is 0 Å². The number of nitro benzene ring substituents is 1. The molecule has 0 unspecified atom stereocenters. The van der Waals surface area contributed by atoms with Crippen LogP contribution in [0.2, 0.25) is 0 Å². The van der Waals surface area contributed by atoms with Gasteiger partial charge in [-0.1, -0.05) is 6.07 Å². The van der Waals surface area contributed by atoms with Crippen LogP contribution in [0, 0.1) is 28.9 Å². The van der Waals surface area contributed by atoms with E-state index < -0.39 is 53.6 Å². The zero-order valence-corrected chi connectivity index (χ0v) is 12.4. The smallest absolute Gasteiger partial charge is 0.394 e. The molecule has 1 saturated heterocycles. The number of carboxylic acids is 1. The van der Waals surface area contributed by atoms with Gasteiger partial charge < -0.3 is 10.0 Å². The van der Waals surface area contributed by atoms with Crippen molar-refractivity contribution in [2.45, 2.75) is 13.1 Å².